The Morgan fingerprint density at radius 1 is 1.43 bits per heavy atom. The van der Waals surface area contributed by atoms with Crippen molar-refractivity contribution in [3.63, 3.8) is 0 Å². The molecule has 14 heavy (non-hydrogen) atoms. The zero-order valence-corrected chi connectivity index (χ0v) is 8.65. The van der Waals surface area contributed by atoms with Crippen molar-refractivity contribution in [3.8, 4) is 0 Å². The van der Waals surface area contributed by atoms with E-state index in [-0.39, 0.29) is 12.1 Å². The van der Waals surface area contributed by atoms with Crippen molar-refractivity contribution in [1.82, 2.24) is 9.80 Å². The third-order valence-corrected chi connectivity index (χ3v) is 2.63. The van der Waals surface area contributed by atoms with Gasteiger partial charge in [-0.05, 0) is 19.1 Å². The first kappa shape index (κ1) is 9.12. The number of carbonyl (C=O) groups excluding carboxylic acids is 1. The molecular formula is C10H14N2O2. The van der Waals surface area contributed by atoms with Gasteiger partial charge in [-0.15, -0.1) is 0 Å². The lowest BCUT2D eigenvalue weighted by Crippen LogP contribution is -2.26. The van der Waals surface area contributed by atoms with Crippen LogP contribution in [0.1, 0.15) is 17.6 Å². The normalized spacial score (nSPS) is 22.2. The molecule has 1 unspecified atom stereocenters. The summed E-state index contributed by atoms with van der Waals surface area (Å²) in [5.41, 5.74) is 0. The lowest BCUT2D eigenvalue weighted by molar-refractivity contribution is 0.199. The fraction of sp³-hybridized carbons (Fsp3) is 0.500. The molecule has 0 bridgehead atoms. The van der Waals surface area contributed by atoms with Gasteiger partial charge in [0.15, 0.2) is 0 Å². The predicted octanol–water partition coefficient (Wildman–Crippen LogP) is 1.63. The number of urea groups is 1. The molecule has 4 heteroatoms. The summed E-state index contributed by atoms with van der Waals surface area (Å²) in [6.07, 6.45) is 0. The van der Waals surface area contributed by atoms with Gasteiger partial charge in [-0.3, -0.25) is 0 Å². The van der Waals surface area contributed by atoms with E-state index < -0.39 is 0 Å². The van der Waals surface area contributed by atoms with E-state index in [1.807, 2.05) is 19.1 Å². The lowest BCUT2D eigenvalue weighted by Gasteiger charge is -2.14. The van der Waals surface area contributed by atoms with Gasteiger partial charge in [0.05, 0.1) is 0 Å². The number of furan rings is 1. The Bertz CT molecular complexity index is 359. The highest BCUT2D eigenvalue weighted by atomic mass is 16.3. The average Bonchev–Trinajstić information content (AvgIpc) is 2.66. The maximum absolute atomic E-state index is 11.5. The highest BCUT2D eigenvalue weighted by molar-refractivity contribution is 5.76. The lowest BCUT2D eigenvalue weighted by atomic mass is 10.2. The number of amides is 2. The molecule has 1 fully saturated rings. The number of hydrogen-bond acceptors (Lipinski definition) is 2. The smallest absolute Gasteiger partial charge is 0.320 e. The fourth-order valence-electron chi connectivity index (χ4n) is 1.78. The van der Waals surface area contributed by atoms with Crippen LogP contribution in [0.25, 0.3) is 0 Å². The molecule has 0 aliphatic carbocycles. The van der Waals surface area contributed by atoms with E-state index in [1.54, 1.807) is 23.9 Å². The highest BCUT2D eigenvalue weighted by Gasteiger charge is 2.34. The standard InChI is InChI=1S/C10H14N2O2/c1-7-4-5-9(14-7)8-6-11(2)10(13)12(8)3/h4-5,8H,6H2,1-3H3. The second-order valence-electron chi connectivity index (χ2n) is 3.74. The van der Waals surface area contributed by atoms with E-state index in [4.69, 9.17) is 4.42 Å². The molecule has 0 aromatic carbocycles. The van der Waals surface area contributed by atoms with Gasteiger partial charge in [0.2, 0.25) is 0 Å². The minimum atomic E-state index is 0.0454. The Balaban J connectivity index is 2.25. The molecule has 2 amide bonds. The van der Waals surface area contributed by atoms with Gasteiger partial charge in [0.1, 0.15) is 17.6 Å². The summed E-state index contributed by atoms with van der Waals surface area (Å²) in [4.78, 5) is 14.9. The highest BCUT2D eigenvalue weighted by Crippen LogP contribution is 2.28. The van der Waals surface area contributed by atoms with E-state index in [2.05, 4.69) is 0 Å². The fourth-order valence-corrected chi connectivity index (χ4v) is 1.78. The molecule has 1 aliphatic heterocycles. The molecule has 0 N–H and O–H groups in total. The summed E-state index contributed by atoms with van der Waals surface area (Å²) in [6, 6.07) is 3.96. The van der Waals surface area contributed by atoms with Crippen LogP contribution in [0.4, 0.5) is 4.79 Å². The quantitative estimate of drug-likeness (QED) is 0.681. The number of aryl methyl sites for hydroxylation is 1. The van der Waals surface area contributed by atoms with Crippen molar-refractivity contribution in [2.45, 2.75) is 13.0 Å². The van der Waals surface area contributed by atoms with Crippen LogP contribution in [0.3, 0.4) is 0 Å². The maximum Gasteiger partial charge on any atom is 0.320 e. The van der Waals surface area contributed by atoms with Crippen LogP contribution in [0.2, 0.25) is 0 Å². The summed E-state index contributed by atoms with van der Waals surface area (Å²) in [7, 11) is 3.60. The Kier molecular flexibility index (Phi) is 1.98. The van der Waals surface area contributed by atoms with Crippen molar-refractivity contribution < 1.29 is 9.21 Å². The molecule has 1 atom stereocenters. The predicted molar refractivity (Wildman–Crippen MR) is 52.0 cm³/mol. The molecule has 76 valence electrons. The zero-order valence-electron chi connectivity index (χ0n) is 8.65. The SMILES string of the molecule is Cc1ccc(C2CN(C)C(=O)N2C)o1. The van der Waals surface area contributed by atoms with E-state index in [9.17, 15) is 4.79 Å². The Morgan fingerprint density at radius 2 is 2.14 bits per heavy atom. The molecule has 4 nitrogen and oxygen atoms in total. The van der Waals surface area contributed by atoms with Crippen LogP contribution in [0.15, 0.2) is 16.5 Å². The van der Waals surface area contributed by atoms with Crippen molar-refractivity contribution in [1.29, 1.82) is 0 Å². The van der Waals surface area contributed by atoms with Crippen LogP contribution < -0.4 is 0 Å². The first-order chi connectivity index (χ1) is 6.59. The van der Waals surface area contributed by atoms with Crippen molar-refractivity contribution in [2.24, 2.45) is 0 Å². The average molecular weight is 194 g/mol. The Morgan fingerprint density at radius 3 is 2.57 bits per heavy atom. The summed E-state index contributed by atoms with van der Waals surface area (Å²) in [6.45, 7) is 2.60. The number of hydrogen-bond donors (Lipinski definition) is 0. The Labute approximate surface area is 83.1 Å². The number of rotatable bonds is 1. The van der Waals surface area contributed by atoms with E-state index in [1.165, 1.54) is 0 Å². The summed E-state index contributed by atoms with van der Waals surface area (Å²) < 4.78 is 5.51. The first-order valence-corrected chi connectivity index (χ1v) is 4.64. The van der Waals surface area contributed by atoms with Gasteiger partial charge >= 0.3 is 6.03 Å². The van der Waals surface area contributed by atoms with Crippen molar-refractivity contribution in [2.75, 3.05) is 20.6 Å². The van der Waals surface area contributed by atoms with Gasteiger partial charge in [0.25, 0.3) is 0 Å². The molecule has 1 saturated heterocycles. The van der Waals surface area contributed by atoms with Gasteiger partial charge in [-0.25, -0.2) is 4.79 Å². The number of likely N-dealkylation sites (N-methyl/N-ethyl adjacent to an activating group) is 2. The second kappa shape index (κ2) is 3.04. The van der Waals surface area contributed by atoms with Crippen molar-refractivity contribution in [3.05, 3.63) is 23.7 Å². The maximum atomic E-state index is 11.5. The third-order valence-electron chi connectivity index (χ3n) is 2.63. The second-order valence-corrected chi connectivity index (χ2v) is 3.74. The minimum absolute atomic E-state index is 0.0454. The van der Waals surface area contributed by atoms with Gasteiger partial charge in [0, 0.05) is 20.6 Å². The van der Waals surface area contributed by atoms with E-state index >= 15 is 0 Å². The van der Waals surface area contributed by atoms with Crippen LogP contribution >= 0.6 is 0 Å². The minimum Gasteiger partial charge on any atom is -0.464 e. The zero-order chi connectivity index (χ0) is 10.3. The van der Waals surface area contributed by atoms with Crippen LogP contribution in [-0.4, -0.2) is 36.5 Å². The Hall–Kier alpha value is -1.45. The monoisotopic (exact) mass is 194 g/mol. The molecule has 1 aliphatic rings. The number of carbonyl (C=O) groups is 1. The number of nitrogens with zero attached hydrogens (tertiary/aromatic N) is 2. The van der Waals surface area contributed by atoms with Crippen LogP contribution in [-0.2, 0) is 0 Å². The molecule has 2 rings (SSSR count). The van der Waals surface area contributed by atoms with Gasteiger partial charge in [-0.1, -0.05) is 0 Å². The third kappa shape index (κ3) is 1.27. The van der Waals surface area contributed by atoms with Crippen LogP contribution in [0.5, 0.6) is 0 Å². The topological polar surface area (TPSA) is 36.7 Å². The van der Waals surface area contributed by atoms with Gasteiger partial charge < -0.3 is 14.2 Å². The summed E-state index contributed by atoms with van der Waals surface area (Å²) in [5, 5.41) is 0. The van der Waals surface area contributed by atoms with Crippen molar-refractivity contribution >= 4 is 6.03 Å². The van der Waals surface area contributed by atoms with E-state index in [0.29, 0.717) is 6.54 Å². The van der Waals surface area contributed by atoms with E-state index in [0.717, 1.165) is 11.5 Å². The molecular weight excluding hydrogens is 180 g/mol. The molecule has 0 saturated carbocycles. The summed E-state index contributed by atoms with van der Waals surface area (Å²) >= 11 is 0. The van der Waals surface area contributed by atoms with Gasteiger partial charge in [-0.2, -0.15) is 0 Å². The molecule has 2 heterocycles. The van der Waals surface area contributed by atoms with Crippen LogP contribution in [0, 0.1) is 6.92 Å². The first-order valence-electron chi connectivity index (χ1n) is 4.64. The largest absolute Gasteiger partial charge is 0.464 e. The summed E-state index contributed by atoms with van der Waals surface area (Å²) in [5.74, 6) is 1.75. The molecule has 0 radical (unpaired) electrons. The molecule has 1 aromatic heterocycles. The molecule has 1 aromatic rings. The molecule has 0 spiro atoms.